The fourth-order valence-electron chi connectivity index (χ4n) is 1.65. The normalized spacial score (nSPS) is 12.4. The lowest BCUT2D eigenvalue weighted by molar-refractivity contribution is 0.604. The monoisotopic (exact) mass is 189 g/mol. The van der Waals surface area contributed by atoms with Crippen molar-refractivity contribution >= 4 is 0 Å². The quantitative estimate of drug-likeness (QED) is 0.540. The van der Waals surface area contributed by atoms with Crippen LogP contribution in [0.4, 0.5) is 0 Å². The van der Waals surface area contributed by atoms with E-state index in [9.17, 15) is 0 Å². The van der Waals surface area contributed by atoms with Crippen molar-refractivity contribution in [2.45, 2.75) is 25.2 Å². The van der Waals surface area contributed by atoms with Crippen LogP contribution in [0.25, 0.3) is 0 Å². The van der Waals surface area contributed by atoms with E-state index in [1.54, 1.807) is 0 Å². The maximum absolute atomic E-state index is 5.76. The summed E-state index contributed by atoms with van der Waals surface area (Å²) in [5, 5.41) is 0. The Bertz CT molecular complexity index is 253. The molecule has 0 saturated carbocycles. The Labute approximate surface area is 86.6 Å². The van der Waals surface area contributed by atoms with Gasteiger partial charge in [-0.25, -0.2) is 0 Å². The van der Waals surface area contributed by atoms with Gasteiger partial charge >= 0.3 is 0 Å². The van der Waals surface area contributed by atoms with Crippen molar-refractivity contribution in [1.29, 1.82) is 0 Å². The Hall–Kier alpha value is -1.08. The summed E-state index contributed by atoms with van der Waals surface area (Å²) < 4.78 is 0. The summed E-state index contributed by atoms with van der Waals surface area (Å²) in [4.78, 5) is 0. The summed E-state index contributed by atoms with van der Waals surface area (Å²) in [5.41, 5.74) is 7.12. The van der Waals surface area contributed by atoms with Crippen molar-refractivity contribution in [2.75, 3.05) is 6.54 Å². The first kappa shape index (κ1) is 11.0. The molecule has 0 saturated heterocycles. The Balaban J connectivity index is 2.50. The molecular formula is C13H19N. The van der Waals surface area contributed by atoms with Crippen LogP contribution in [0, 0.1) is 0 Å². The highest BCUT2D eigenvalue weighted by atomic mass is 14.5. The van der Waals surface area contributed by atoms with Crippen LogP contribution in [0.15, 0.2) is 43.0 Å². The van der Waals surface area contributed by atoms with E-state index < -0.39 is 0 Å². The van der Waals surface area contributed by atoms with Gasteiger partial charge in [0.1, 0.15) is 0 Å². The number of rotatable bonds is 6. The summed E-state index contributed by atoms with van der Waals surface area (Å²) in [6.07, 6.45) is 5.40. The molecule has 1 aromatic carbocycles. The summed E-state index contributed by atoms with van der Waals surface area (Å²) >= 11 is 0. The fourth-order valence-corrected chi connectivity index (χ4v) is 1.65. The zero-order valence-corrected chi connectivity index (χ0v) is 8.65. The van der Waals surface area contributed by atoms with Gasteiger partial charge in [-0.05, 0) is 37.3 Å². The van der Waals surface area contributed by atoms with Crippen molar-refractivity contribution in [3.63, 3.8) is 0 Å². The molecule has 1 aromatic rings. The van der Waals surface area contributed by atoms with E-state index in [-0.39, 0.29) is 0 Å². The molecule has 0 amide bonds. The SMILES string of the molecule is C=CCCCC(CN)c1ccccc1. The molecule has 14 heavy (non-hydrogen) atoms. The molecule has 1 unspecified atom stereocenters. The van der Waals surface area contributed by atoms with Crippen LogP contribution in [0.5, 0.6) is 0 Å². The largest absolute Gasteiger partial charge is 0.330 e. The van der Waals surface area contributed by atoms with Crippen molar-refractivity contribution in [2.24, 2.45) is 5.73 Å². The molecule has 0 aliphatic carbocycles. The lowest BCUT2D eigenvalue weighted by atomic mass is 9.94. The third-order valence-corrected chi connectivity index (χ3v) is 2.52. The Morgan fingerprint density at radius 2 is 2.00 bits per heavy atom. The number of hydrogen-bond acceptors (Lipinski definition) is 1. The van der Waals surface area contributed by atoms with E-state index in [1.165, 1.54) is 12.0 Å². The van der Waals surface area contributed by atoms with Crippen LogP contribution in [0.3, 0.4) is 0 Å². The minimum atomic E-state index is 0.510. The van der Waals surface area contributed by atoms with Gasteiger partial charge in [-0.2, -0.15) is 0 Å². The average molecular weight is 189 g/mol. The Kier molecular flexibility index (Phi) is 5.02. The highest BCUT2D eigenvalue weighted by Gasteiger charge is 2.07. The molecule has 2 N–H and O–H groups in total. The molecule has 1 nitrogen and oxygen atoms in total. The molecular weight excluding hydrogens is 170 g/mol. The van der Waals surface area contributed by atoms with Gasteiger partial charge in [-0.15, -0.1) is 6.58 Å². The second-order valence-electron chi connectivity index (χ2n) is 3.56. The molecule has 1 rings (SSSR count). The number of hydrogen-bond donors (Lipinski definition) is 1. The first-order chi connectivity index (χ1) is 6.88. The van der Waals surface area contributed by atoms with Crippen LogP contribution in [0.2, 0.25) is 0 Å². The van der Waals surface area contributed by atoms with E-state index in [0.717, 1.165) is 19.4 Å². The number of allylic oxidation sites excluding steroid dienone is 1. The van der Waals surface area contributed by atoms with Crippen molar-refractivity contribution in [3.05, 3.63) is 48.6 Å². The molecule has 0 spiro atoms. The smallest absolute Gasteiger partial charge is 0.000824 e. The summed E-state index contributed by atoms with van der Waals surface area (Å²) in [6, 6.07) is 10.5. The summed E-state index contributed by atoms with van der Waals surface area (Å²) in [5.74, 6) is 0.510. The zero-order valence-electron chi connectivity index (χ0n) is 8.65. The van der Waals surface area contributed by atoms with Gasteiger partial charge in [-0.1, -0.05) is 36.4 Å². The molecule has 0 bridgehead atoms. The van der Waals surface area contributed by atoms with Crippen molar-refractivity contribution in [1.82, 2.24) is 0 Å². The van der Waals surface area contributed by atoms with Crippen LogP contribution >= 0.6 is 0 Å². The maximum atomic E-state index is 5.76. The zero-order chi connectivity index (χ0) is 10.2. The summed E-state index contributed by atoms with van der Waals surface area (Å²) in [6.45, 7) is 4.46. The van der Waals surface area contributed by atoms with Gasteiger partial charge < -0.3 is 5.73 Å². The molecule has 0 aliphatic heterocycles. The summed E-state index contributed by atoms with van der Waals surface area (Å²) in [7, 11) is 0. The third kappa shape index (κ3) is 3.35. The van der Waals surface area contributed by atoms with E-state index >= 15 is 0 Å². The van der Waals surface area contributed by atoms with Gasteiger partial charge in [0.15, 0.2) is 0 Å². The lowest BCUT2D eigenvalue weighted by Crippen LogP contribution is -2.12. The van der Waals surface area contributed by atoms with E-state index in [4.69, 9.17) is 5.73 Å². The van der Waals surface area contributed by atoms with E-state index in [1.807, 2.05) is 12.1 Å². The second-order valence-corrected chi connectivity index (χ2v) is 3.56. The average Bonchev–Trinajstić information content (AvgIpc) is 2.26. The van der Waals surface area contributed by atoms with Crippen LogP contribution in [0.1, 0.15) is 30.7 Å². The van der Waals surface area contributed by atoms with Gasteiger partial charge in [0.25, 0.3) is 0 Å². The molecule has 0 heterocycles. The van der Waals surface area contributed by atoms with E-state index in [2.05, 4.69) is 30.8 Å². The lowest BCUT2D eigenvalue weighted by Gasteiger charge is -2.14. The number of unbranched alkanes of at least 4 members (excludes halogenated alkanes) is 1. The first-order valence-electron chi connectivity index (χ1n) is 5.24. The van der Waals surface area contributed by atoms with Gasteiger partial charge in [0.05, 0.1) is 0 Å². The highest BCUT2D eigenvalue weighted by molar-refractivity contribution is 5.19. The van der Waals surface area contributed by atoms with Gasteiger partial charge in [0.2, 0.25) is 0 Å². The van der Waals surface area contributed by atoms with Gasteiger partial charge in [-0.3, -0.25) is 0 Å². The first-order valence-corrected chi connectivity index (χ1v) is 5.24. The molecule has 0 radical (unpaired) electrons. The predicted octanol–water partition coefficient (Wildman–Crippen LogP) is 3.09. The highest BCUT2D eigenvalue weighted by Crippen LogP contribution is 2.20. The molecule has 0 aliphatic rings. The predicted molar refractivity (Wildman–Crippen MR) is 62.3 cm³/mol. The molecule has 0 aromatic heterocycles. The number of nitrogens with two attached hydrogens (primary N) is 1. The Morgan fingerprint density at radius 1 is 1.29 bits per heavy atom. The topological polar surface area (TPSA) is 26.0 Å². The molecule has 76 valence electrons. The van der Waals surface area contributed by atoms with Crippen molar-refractivity contribution < 1.29 is 0 Å². The van der Waals surface area contributed by atoms with Gasteiger partial charge in [0, 0.05) is 0 Å². The fraction of sp³-hybridized carbons (Fsp3) is 0.385. The number of benzene rings is 1. The Morgan fingerprint density at radius 3 is 2.57 bits per heavy atom. The van der Waals surface area contributed by atoms with Crippen LogP contribution in [-0.4, -0.2) is 6.54 Å². The van der Waals surface area contributed by atoms with Crippen LogP contribution < -0.4 is 5.73 Å². The molecule has 1 heteroatoms. The second kappa shape index (κ2) is 6.39. The third-order valence-electron chi connectivity index (χ3n) is 2.52. The van der Waals surface area contributed by atoms with E-state index in [0.29, 0.717) is 5.92 Å². The van der Waals surface area contributed by atoms with Crippen molar-refractivity contribution in [3.8, 4) is 0 Å². The minimum absolute atomic E-state index is 0.510. The van der Waals surface area contributed by atoms with Crippen LogP contribution in [-0.2, 0) is 0 Å². The molecule has 0 fully saturated rings. The maximum Gasteiger partial charge on any atom is -0.000824 e. The minimum Gasteiger partial charge on any atom is -0.330 e. The standard InChI is InChI=1S/C13H19N/c1-2-3-5-10-13(11-14)12-8-6-4-7-9-12/h2,4,6-9,13H,1,3,5,10-11,14H2. The molecule has 1 atom stereocenters.